The third kappa shape index (κ3) is 10.4. The van der Waals surface area contributed by atoms with Gasteiger partial charge in [-0.25, -0.2) is 0 Å². The number of hydrogen-bond acceptors (Lipinski definition) is 2. The monoisotopic (exact) mass is 1020 g/mol. The Balaban J connectivity index is 0.864. The van der Waals surface area contributed by atoms with E-state index in [-0.39, 0.29) is 0 Å². The summed E-state index contributed by atoms with van der Waals surface area (Å²) in [6.45, 7) is 0. The van der Waals surface area contributed by atoms with Gasteiger partial charge in [-0.2, -0.15) is 0 Å². The fourth-order valence-corrected chi connectivity index (χ4v) is 11.0. The number of rotatable bonds is 14. The second-order valence-electron chi connectivity index (χ2n) is 20.1. The second kappa shape index (κ2) is 22.6. The van der Waals surface area contributed by atoms with Crippen LogP contribution in [0.1, 0.15) is 22.3 Å². The van der Waals surface area contributed by atoms with Gasteiger partial charge in [0, 0.05) is 34.1 Å². The number of anilines is 6. The van der Waals surface area contributed by atoms with E-state index in [0.29, 0.717) is 0 Å². The Morgan fingerprint density at radius 3 is 0.700 bits per heavy atom. The number of fused-ring (bicyclic) bond motifs is 3. The summed E-state index contributed by atoms with van der Waals surface area (Å²) in [7, 11) is 0. The van der Waals surface area contributed by atoms with E-state index in [2.05, 4.69) is 350 Å². The molecule has 0 N–H and O–H groups in total. The summed E-state index contributed by atoms with van der Waals surface area (Å²) in [6, 6.07) is 114. The van der Waals surface area contributed by atoms with Gasteiger partial charge < -0.3 is 9.80 Å². The highest BCUT2D eigenvalue weighted by Gasteiger charge is 2.20. The maximum atomic E-state index is 2.40. The van der Waals surface area contributed by atoms with Crippen LogP contribution in [0, 0.1) is 0 Å². The highest BCUT2D eigenvalue weighted by atomic mass is 15.1. The van der Waals surface area contributed by atoms with Gasteiger partial charge in [-0.1, -0.05) is 255 Å². The molecule has 0 radical (unpaired) electrons. The molecular formula is C78H56N2. The summed E-state index contributed by atoms with van der Waals surface area (Å²) in [4.78, 5) is 4.58. The van der Waals surface area contributed by atoms with Crippen LogP contribution in [0.25, 0.3) is 90.4 Å². The molecule has 0 amide bonds. The van der Waals surface area contributed by atoms with Gasteiger partial charge in [0.05, 0.1) is 0 Å². The summed E-state index contributed by atoms with van der Waals surface area (Å²) in [5, 5.41) is 4.88. The van der Waals surface area contributed by atoms with Crippen molar-refractivity contribution in [3.05, 3.63) is 338 Å². The van der Waals surface area contributed by atoms with Crippen LogP contribution in [-0.4, -0.2) is 0 Å². The van der Waals surface area contributed by atoms with Gasteiger partial charge in [0.2, 0.25) is 0 Å². The van der Waals surface area contributed by atoms with Crippen molar-refractivity contribution in [3.8, 4) is 44.5 Å². The summed E-state index contributed by atoms with van der Waals surface area (Å²) >= 11 is 0. The number of hydrogen-bond donors (Lipinski definition) is 0. The van der Waals surface area contributed by atoms with Gasteiger partial charge in [-0.05, 0) is 173 Å². The third-order valence-corrected chi connectivity index (χ3v) is 15.0. The van der Waals surface area contributed by atoms with Crippen LogP contribution < -0.4 is 9.80 Å². The molecule has 80 heavy (non-hydrogen) atoms. The second-order valence-corrected chi connectivity index (χ2v) is 20.1. The standard InChI is InChI=1S/C78H56N2/c1-7-19-61(20-8-1)65-47-53-73-75(55-65)76-56-66(62-21-9-2-10-22-62)48-54-74(76)78(64-45-37-58(38-46-64)32-34-60-41-51-72(52-42-60)80(69-27-15-5-16-28-69)70-29-17-6-18-30-70)77(73)63-43-35-57(36-44-63)31-33-59-39-49-71(50-40-59)79(67-23-11-3-12-24-67)68-25-13-4-14-26-68/h1-56H/b33-31+,34-32+. The van der Waals surface area contributed by atoms with Crippen LogP contribution in [0.5, 0.6) is 0 Å². The van der Waals surface area contributed by atoms with E-state index in [1.807, 2.05) is 0 Å². The molecule has 0 atom stereocenters. The average molecular weight is 1020 g/mol. The normalized spacial score (nSPS) is 11.4. The molecule has 2 heteroatoms. The molecule has 0 fully saturated rings. The molecular weight excluding hydrogens is 965 g/mol. The van der Waals surface area contributed by atoms with Gasteiger partial charge in [-0.3, -0.25) is 0 Å². The summed E-state index contributed by atoms with van der Waals surface area (Å²) in [5.74, 6) is 0. The Labute approximate surface area is 469 Å². The summed E-state index contributed by atoms with van der Waals surface area (Å²) < 4.78 is 0. The molecule has 13 aromatic carbocycles. The Morgan fingerprint density at radius 2 is 0.412 bits per heavy atom. The molecule has 0 saturated carbocycles. The first kappa shape index (κ1) is 49.1. The molecule has 0 aliphatic rings. The Morgan fingerprint density at radius 1 is 0.175 bits per heavy atom. The molecule has 13 rings (SSSR count). The van der Waals surface area contributed by atoms with Crippen LogP contribution in [0.15, 0.2) is 315 Å². The van der Waals surface area contributed by atoms with Crippen LogP contribution >= 0.6 is 0 Å². The Kier molecular flexibility index (Phi) is 13.8. The van der Waals surface area contributed by atoms with E-state index in [1.54, 1.807) is 0 Å². The van der Waals surface area contributed by atoms with Gasteiger partial charge >= 0.3 is 0 Å². The van der Waals surface area contributed by atoms with Crippen molar-refractivity contribution < 1.29 is 0 Å². The maximum absolute atomic E-state index is 2.40. The van der Waals surface area contributed by atoms with Crippen molar-refractivity contribution in [2.24, 2.45) is 0 Å². The van der Waals surface area contributed by atoms with E-state index in [0.717, 1.165) is 56.4 Å². The van der Waals surface area contributed by atoms with Crippen LogP contribution in [-0.2, 0) is 0 Å². The molecule has 0 aliphatic carbocycles. The van der Waals surface area contributed by atoms with Gasteiger partial charge in [0.25, 0.3) is 0 Å². The highest BCUT2D eigenvalue weighted by molar-refractivity contribution is 6.23. The van der Waals surface area contributed by atoms with Crippen molar-refractivity contribution in [1.29, 1.82) is 0 Å². The quantitative estimate of drug-likeness (QED) is 0.0791. The molecule has 0 aliphatic heterocycles. The third-order valence-electron chi connectivity index (χ3n) is 15.0. The van der Waals surface area contributed by atoms with Crippen LogP contribution in [0.2, 0.25) is 0 Å². The smallest absolute Gasteiger partial charge is 0.0462 e. The zero-order valence-corrected chi connectivity index (χ0v) is 44.2. The molecule has 378 valence electrons. The first-order valence-electron chi connectivity index (χ1n) is 27.4. The maximum Gasteiger partial charge on any atom is 0.0462 e. The van der Waals surface area contributed by atoms with Crippen molar-refractivity contribution in [1.82, 2.24) is 0 Å². The molecule has 0 bridgehead atoms. The molecule has 0 heterocycles. The predicted molar refractivity (Wildman–Crippen MR) is 343 cm³/mol. The lowest BCUT2D eigenvalue weighted by Crippen LogP contribution is -2.09. The fraction of sp³-hybridized carbons (Fsp3) is 0. The van der Waals surface area contributed by atoms with Crippen LogP contribution in [0.4, 0.5) is 34.1 Å². The van der Waals surface area contributed by atoms with E-state index in [4.69, 9.17) is 0 Å². The lowest BCUT2D eigenvalue weighted by molar-refractivity contribution is 1.28. The summed E-state index contributed by atoms with van der Waals surface area (Å²) in [6.07, 6.45) is 8.84. The van der Waals surface area contributed by atoms with E-state index in [1.165, 1.54) is 66.1 Å². The first-order chi connectivity index (χ1) is 39.7. The molecule has 2 nitrogen and oxygen atoms in total. The summed E-state index contributed by atoms with van der Waals surface area (Å²) in [5.41, 5.74) is 20.8. The Bertz CT molecular complexity index is 3890. The topological polar surface area (TPSA) is 6.48 Å². The molecule has 0 spiro atoms. The minimum absolute atomic E-state index is 1.11. The van der Waals surface area contributed by atoms with Crippen molar-refractivity contribution in [2.45, 2.75) is 0 Å². The predicted octanol–water partition coefficient (Wildman–Crippen LogP) is 21.9. The minimum Gasteiger partial charge on any atom is -0.311 e. The Hall–Kier alpha value is -10.5. The van der Waals surface area contributed by atoms with Crippen molar-refractivity contribution in [2.75, 3.05) is 9.80 Å². The zero-order valence-electron chi connectivity index (χ0n) is 44.2. The molecule has 0 saturated heterocycles. The lowest BCUT2D eigenvalue weighted by Gasteiger charge is -2.25. The molecule has 13 aromatic rings. The molecule has 0 unspecified atom stereocenters. The number of benzene rings is 13. The van der Waals surface area contributed by atoms with Gasteiger partial charge in [0.1, 0.15) is 0 Å². The van der Waals surface area contributed by atoms with Crippen LogP contribution in [0.3, 0.4) is 0 Å². The zero-order chi connectivity index (χ0) is 53.5. The number of para-hydroxylation sites is 4. The van der Waals surface area contributed by atoms with E-state index in [9.17, 15) is 0 Å². The van der Waals surface area contributed by atoms with E-state index >= 15 is 0 Å². The van der Waals surface area contributed by atoms with Gasteiger partial charge in [0.15, 0.2) is 0 Å². The van der Waals surface area contributed by atoms with E-state index < -0.39 is 0 Å². The molecule has 0 aromatic heterocycles. The first-order valence-corrected chi connectivity index (χ1v) is 27.4. The SMILES string of the molecule is C(=C\c1ccc(N(c2ccccc2)c2ccccc2)cc1)/c1ccc(-c2c(-c3ccc(/C=C/c4ccc(N(c5ccccc5)c5ccccc5)cc4)cc3)c3ccc(-c4ccccc4)cc3c3cc(-c4ccccc4)ccc23)cc1. The number of nitrogens with zero attached hydrogens (tertiary/aromatic N) is 2. The van der Waals surface area contributed by atoms with Crippen molar-refractivity contribution >= 4 is 80.0 Å². The average Bonchev–Trinajstić information content (AvgIpc) is 3.58. The van der Waals surface area contributed by atoms with Crippen molar-refractivity contribution in [3.63, 3.8) is 0 Å². The largest absolute Gasteiger partial charge is 0.311 e. The van der Waals surface area contributed by atoms with Gasteiger partial charge in [-0.15, -0.1) is 0 Å². The highest BCUT2D eigenvalue weighted by Crippen LogP contribution is 2.47. The lowest BCUT2D eigenvalue weighted by atomic mass is 9.83. The fourth-order valence-electron chi connectivity index (χ4n) is 11.0. The minimum atomic E-state index is 1.11.